The van der Waals surface area contributed by atoms with E-state index in [4.69, 9.17) is 27.9 Å². The molecule has 0 saturated heterocycles. The third-order valence-electron chi connectivity index (χ3n) is 3.85. The fourth-order valence-corrected chi connectivity index (χ4v) is 2.82. The first-order valence-electron chi connectivity index (χ1n) is 7.98. The Balaban J connectivity index is 1.72. The van der Waals surface area contributed by atoms with Crippen molar-refractivity contribution >= 4 is 40.6 Å². The van der Waals surface area contributed by atoms with E-state index in [0.29, 0.717) is 22.4 Å². The Morgan fingerprint density at radius 2 is 2.00 bits per heavy atom. The summed E-state index contributed by atoms with van der Waals surface area (Å²) in [6.45, 7) is 0.431. The largest absolute Gasteiger partial charge is 0.490 e. The number of nitro benzene ring substituents is 1. The first-order valence-corrected chi connectivity index (χ1v) is 8.74. The summed E-state index contributed by atoms with van der Waals surface area (Å²) >= 11 is 11.9. The number of hydrogen-bond donors (Lipinski definition) is 1. The first kappa shape index (κ1) is 19.7. The summed E-state index contributed by atoms with van der Waals surface area (Å²) in [6, 6.07) is 10.8. The van der Waals surface area contributed by atoms with Gasteiger partial charge in [0.1, 0.15) is 0 Å². The average Bonchev–Trinajstić information content (AvgIpc) is 3.10. The second kappa shape index (κ2) is 8.28. The van der Waals surface area contributed by atoms with Crippen LogP contribution in [0.15, 0.2) is 48.7 Å². The van der Waals surface area contributed by atoms with E-state index in [0.717, 1.165) is 11.6 Å². The van der Waals surface area contributed by atoms with Gasteiger partial charge in [0.05, 0.1) is 28.6 Å². The number of carbonyl (C=O) groups is 1. The minimum Gasteiger partial charge on any atom is -0.490 e. The van der Waals surface area contributed by atoms with Crippen LogP contribution < -0.4 is 10.1 Å². The topological polar surface area (TPSA) is 99.3 Å². The van der Waals surface area contributed by atoms with Crippen LogP contribution in [-0.4, -0.2) is 27.7 Å². The Labute approximate surface area is 169 Å². The number of aromatic nitrogens is 2. The molecular formula is C18H14Cl2N4O4. The van der Waals surface area contributed by atoms with E-state index in [2.05, 4.69) is 10.4 Å². The molecule has 0 radical (unpaired) electrons. The van der Waals surface area contributed by atoms with Crippen molar-refractivity contribution in [3.8, 4) is 5.75 Å². The summed E-state index contributed by atoms with van der Waals surface area (Å²) in [5.74, 6) is -0.137. The van der Waals surface area contributed by atoms with E-state index in [-0.39, 0.29) is 17.0 Å². The van der Waals surface area contributed by atoms with Crippen LogP contribution in [0.3, 0.4) is 0 Å². The van der Waals surface area contributed by atoms with Gasteiger partial charge >= 0.3 is 5.69 Å². The molecule has 0 aliphatic carbocycles. The van der Waals surface area contributed by atoms with E-state index in [1.54, 1.807) is 29.1 Å². The molecular weight excluding hydrogens is 407 g/mol. The summed E-state index contributed by atoms with van der Waals surface area (Å²) in [6.07, 6.45) is 1.69. The average molecular weight is 421 g/mol. The summed E-state index contributed by atoms with van der Waals surface area (Å²) < 4.78 is 6.55. The summed E-state index contributed by atoms with van der Waals surface area (Å²) in [4.78, 5) is 22.9. The van der Waals surface area contributed by atoms with E-state index >= 15 is 0 Å². The van der Waals surface area contributed by atoms with E-state index in [9.17, 15) is 14.9 Å². The normalized spacial score (nSPS) is 10.5. The molecule has 1 heterocycles. The molecule has 0 atom stereocenters. The molecule has 8 nitrogen and oxygen atoms in total. The highest BCUT2D eigenvalue weighted by molar-refractivity contribution is 6.42. The van der Waals surface area contributed by atoms with Gasteiger partial charge < -0.3 is 10.1 Å². The number of hydrogen-bond acceptors (Lipinski definition) is 5. The molecule has 1 N–H and O–H groups in total. The molecule has 3 rings (SSSR count). The van der Waals surface area contributed by atoms with Crippen molar-refractivity contribution in [2.45, 2.75) is 6.54 Å². The van der Waals surface area contributed by atoms with Gasteiger partial charge in [0.25, 0.3) is 5.91 Å². The Morgan fingerprint density at radius 3 is 2.68 bits per heavy atom. The van der Waals surface area contributed by atoms with Crippen LogP contribution in [0.5, 0.6) is 5.75 Å². The lowest BCUT2D eigenvalue weighted by atomic mass is 10.1. The number of nitrogens with zero attached hydrogens (tertiary/aromatic N) is 3. The second-order valence-electron chi connectivity index (χ2n) is 5.74. The minimum absolute atomic E-state index is 0.0763. The van der Waals surface area contributed by atoms with Crippen molar-refractivity contribution in [3.05, 3.63) is 79.9 Å². The lowest BCUT2D eigenvalue weighted by Crippen LogP contribution is -2.13. The van der Waals surface area contributed by atoms with Crippen LogP contribution in [0, 0.1) is 10.1 Å². The van der Waals surface area contributed by atoms with Crippen LogP contribution in [-0.2, 0) is 6.54 Å². The van der Waals surface area contributed by atoms with Gasteiger partial charge in [-0.25, -0.2) is 0 Å². The second-order valence-corrected chi connectivity index (χ2v) is 6.56. The molecule has 2 aromatic carbocycles. The number of amides is 1. The summed E-state index contributed by atoms with van der Waals surface area (Å²) in [5.41, 5.74) is 0.716. The standard InChI is InChI=1S/C18H14Cl2N4O4/c1-28-16-5-3-12(9-15(16)24(26)27)18(25)21-17-6-7-23(22-17)10-11-2-4-13(19)14(20)8-11/h2-9H,10H2,1H3,(H,21,22,25). The lowest BCUT2D eigenvalue weighted by Gasteiger charge is -2.06. The number of nitrogens with one attached hydrogen (secondary N) is 1. The lowest BCUT2D eigenvalue weighted by molar-refractivity contribution is -0.385. The maximum atomic E-state index is 12.4. The Hall–Kier alpha value is -3.10. The molecule has 0 aliphatic heterocycles. The molecule has 10 heteroatoms. The zero-order valence-electron chi connectivity index (χ0n) is 14.6. The van der Waals surface area contributed by atoms with Crippen LogP contribution in [0.4, 0.5) is 11.5 Å². The van der Waals surface area contributed by atoms with Gasteiger partial charge in [-0.15, -0.1) is 0 Å². The van der Waals surface area contributed by atoms with Crippen molar-refractivity contribution in [2.24, 2.45) is 0 Å². The molecule has 144 valence electrons. The third kappa shape index (κ3) is 4.41. The van der Waals surface area contributed by atoms with Gasteiger partial charge in [0, 0.05) is 23.9 Å². The molecule has 0 bridgehead atoms. The smallest absolute Gasteiger partial charge is 0.311 e. The predicted octanol–water partition coefficient (Wildman–Crippen LogP) is 4.41. The highest BCUT2D eigenvalue weighted by Gasteiger charge is 2.18. The number of halogens is 2. The van der Waals surface area contributed by atoms with Gasteiger partial charge in [-0.1, -0.05) is 29.3 Å². The van der Waals surface area contributed by atoms with Crippen molar-refractivity contribution in [1.29, 1.82) is 0 Å². The number of carbonyl (C=O) groups excluding carboxylic acids is 1. The number of anilines is 1. The van der Waals surface area contributed by atoms with Crippen LogP contribution >= 0.6 is 23.2 Å². The summed E-state index contributed by atoms with van der Waals surface area (Å²) in [7, 11) is 1.32. The number of methoxy groups -OCH3 is 1. The van der Waals surface area contributed by atoms with Crippen molar-refractivity contribution in [2.75, 3.05) is 12.4 Å². The van der Waals surface area contributed by atoms with Gasteiger partial charge in [0.2, 0.25) is 0 Å². The van der Waals surface area contributed by atoms with Crippen molar-refractivity contribution in [1.82, 2.24) is 9.78 Å². The molecule has 1 aromatic heterocycles. The van der Waals surface area contributed by atoms with Crippen molar-refractivity contribution in [3.63, 3.8) is 0 Å². The molecule has 28 heavy (non-hydrogen) atoms. The maximum Gasteiger partial charge on any atom is 0.311 e. The SMILES string of the molecule is COc1ccc(C(=O)Nc2ccn(Cc3ccc(Cl)c(Cl)c3)n2)cc1[N+](=O)[O-]. The van der Waals surface area contributed by atoms with E-state index in [1.807, 2.05) is 6.07 Å². The fourth-order valence-electron chi connectivity index (χ4n) is 2.50. The van der Waals surface area contributed by atoms with Gasteiger partial charge in [0.15, 0.2) is 11.6 Å². The van der Waals surface area contributed by atoms with Gasteiger partial charge in [-0.05, 0) is 29.8 Å². The number of benzene rings is 2. The highest BCUT2D eigenvalue weighted by atomic mass is 35.5. The molecule has 0 aliphatic rings. The highest BCUT2D eigenvalue weighted by Crippen LogP contribution is 2.28. The predicted molar refractivity (Wildman–Crippen MR) is 105 cm³/mol. The zero-order chi connectivity index (χ0) is 20.3. The molecule has 0 saturated carbocycles. The van der Waals surface area contributed by atoms with Crippen LogP contribution in [0.1, 0.15) is 15.9 Å². The maximum absolute atomic E-state index is 12.4. The van der Waals surface area contributed by atoms with Gasteiger partial charge in [-0.3, -0.25) is 19.6 Å². The minimum atomic E-state index is -0.610. The Morgan fingerprint density at radius 1 is 1.21 bits per heavy atom. The molecule has 3 aromatic rings. The molecule has 1 amide bonds. The molecule has 0 fully saturated rings. The number of ether oxygens (including phenoxy) is 1. The van der Waals surface area contributed by atoms with Gasteiger partial charge in [-0.2, -0.15) is 5.10 Å². The molecule has 0 spiro atoms. The number of nitro groups is 1. The fraction of sp³-hybridized carbons (Fsp3) is 0.111. The first-order chi connectivity index (χ1) is 13.4. The number of rotatable bonds is 6. The quantitative estimate of drug-likeness (QED) is 0.470. The third-order valence-corrected chi connectivity index (χ3v) is 4.59. The van der Waals surface area contributed by atoms with E-state index in [1.165, 1.54) is 19.2 Å². The van der Waals surface area contributed by atoms with Crippen LogP contribution in [0.2, 0.25) is 10.0 Å². The summed E-state index contributed by atoms with van der Waals surface area (Å²) in [5, 5.41) is 18.9. The monoisotopic (exact) mass is 420 g/mol. The molecule has 0 unspecified atom stereocenters. The van der Waals surface area contributed by atoms with E-state index < -0.39 is 10.8 Å². The zero-order valence-corrected chi connectivity index (χ0v) is 16.1. The Bertz CT molecular complexity index is 1050. The van der Waals surface area contributed by atoms with Crippen LogP contribution in [0.25, 0.3) is 0 Å². The Kier molecular flexibility index (Phi) is 5.81. The van der Waals surface area contributed by atoms with Crippen molar-refractivity contribution < 1.29 is 14.5 Å².